The van der Waals surface area contributed by atoms with Crippen molar-refractivity contribution in [2.45, 2.75) is 112 Å². The van der Waals surface area contributed by atoms with Gasteiger partial charge in [-0.15, -0.1) is 0 Å². The van der Waals surface area contributed by atoms with Crippen LogP contribution in [0.25, 0.3) is 0 Å². The Kier molecular flexibility index (Phi) is 11.8. The van der Waals surface area contributed by atoms with E-state index < -0.39 is 0 Å². The van der Waals surface area contributed by atoms with Crippen LogP contribution in [-0.2, 0) is 0 Å². The minimum atomic E-state index is 0.564. The number of hydrogen-bond acceptors (Lipinski definition) is 0. The molecule has 0 saturated heterocycles. The molecule has 0 heteroatoms. The summed E-state index contributed by atoms with van der Waals surface area (Å²) in [6, 6.07) is 0. The number of unbranched alkanes of at least 4 members (excludes halogenated alkanes) is 9. The summed E-state index contributed by atoms with van der Waals surface area (Å²) in [5, 5.41) is 0. The predicted molar refractivity (Wildman–Crippen MR) is 89.7 cm³/mol. The summed E-state index contributed by atoms with van der Waals surface area (Å²) in [6.07, 6.45) is 17.3. The van der Waals surface area contributed by atoms with Gasteiger partial charge in [-0.05, 0) is 24.2 Å². The van der Waals surface area contributed by atoms with Gasteiger partial charge in [0.25, 0.3) is 0 Å². The zero-order valence-electron chi connectivity index (χ0n) is 14.6. The molecule has 0 aliphatic heterocycles. The van der Waals surface area contributed by atoms with Gasteiger partial charge in [-0.3, -0.25) is 0 Å². The summed E-state index contributed by atoms with van der Waals surface area (Å²) in [7, 11) is 0. The Morgan fingerprint density at radius 1 is 0.684 bits per heavy atom. The highest BCUT2D eigenvalue weighted by Crippen LogP contribution is 2.31. The van der Waals surface area contributed by atoms with Gasteiger partial charge in [-0.1, -0.05) is 98.8 Å². The van der Waals surface area contributed by atoms with E-state index in [0.29, 0.717) is 5.41 Å². The summed E-state index contributed by atoms with van der Waals surface area (Å²) in [5.41, 5.74) is 0.564. The number of rotatable bonds is 13. The van der Waals surface area contributed by atoms with Crippen LogP contribution in [0.1, 0.15) is 112 Å². The van der Waals surface area contributed by atoms with Crippen LogP contribution in [0.3, 0.4) is 0 Å². The molecule has 0 aliphatic carbocycles. The van der Waals surface area contributed by atoms with Crippen LogP contribution in [0.5, 0.6) is 0 Å². The first-order valence-electron chi connectivity index (χ1n) is 8.98. The third-order valence-electron chi connectivity index (χ3n) is 4.17. The van der Waals surface area contributed by atoms with Crippen LogP contribution >= 0.6 is 0 Å². The Balaban J connectivity index is 3.26. The third-order valence-corrected chi connectivity index (χ3v) is 4.17. The third kappa shape index (κ3) is 14.2. The first-order valence-corrected chi connectivity index (χ1v) is 8.98. The fraction of sp³-hybridized carbons (Fsp3) is 1.00. The Labute approximate surface area is 123 Å². The van der Waals surface area contributed by atoms with Crippen LogP contribution in [0.2, 0.25) is 0 Å². The van der Waals surface area contributed by atoms with Crippen molar-refractivity contribution >= 4 is 0 Å². The molecule has 0 aromatic heterocycles. The first kappa shape index (κ1) is 19.0. The SMILES string of the molecule is CCCCCCCCCCCCC(C)(C)CC(C)C. The quantitative estimate of drug-likeness (QED) is 0.306. The molecular formula is C19H40. The van der Waals surface area contributed by atoms with E-state index in [1.54, 1.807) is 0 Å². The smallest absolute Gasteiger partial charge is 0.0352 e. The van der Waals surface area contributed by atoms with Crippen LogP contribution in [0.15, 0.2) is 0 Å². The highest BCUT2D eigenvalue weighted by atomic mass is 14.2. The second-order valence-electron chi connectivity index (χ2n) is 7.69. The molecule has 0 unspecified atom stereocenters. The van der Waals surface area contributed by atoms with Crippen molar-refractivity contribution in [2.24, 2.45) is 11.3 Å². The van der Waals surface area contributed by atoms with Gasteiger partial charge < -0.3 is 0 Å². The fourth-order valence-corrected chi connectivity index (χ4v) is 3.30. The van der Waals surface area contributed by atoms with Crippen molar-refractivity contribution in [1.29, 1.82) is 0 Å². The first-order chi connectivity index (χ1) is 8.98. The van der Waals surface area contributed by atoms with E-state index in [9.17, 15) is 0 Å². The zero-order chi connectivity index (χ0) is 14.6. The van der Waals surface area contributed by atoms with Crippen LogP contribution in [0.4, 0.5) is 0 Å². The summed E-state index contributed by atoms with van der Waals surface area (Å²) < 4.78 is 0. The Morgan fingerprint density at radius 3 is 1.53 bits per heavy atom. The molecule has 19 heavy (non-hydrogen) atoms. The number of hydrogen-bond donors (Lipinski definition) is 0. The van der Waals surface area contributed by atoms with E-state index in [0.717, 1.165) is 5.92 Å². The topological polar surface area (TPSA) is 0 Å². The Morgan fingerprint density at radius 2 is 1.11 bits per heavy atom. The molecule has 0 aromatic rings. The van der Waals surface area contributed by atoms with Gasteiger partial charge in [0.1, 0.15) is 0 Å². The van der Waals surface area contributed by atoms with Crippen molar-refractivity contribution in [1.82, 2.24) is 0 Å². The molecular weight excluding hydrogens is 228 g/mol. The fourth-order valence-electron chi connectivity index (χ4n) is 3.30. The van der Waals surface area contributed by atoms with E-state index in [4.69, 9.17) is 0 Å². The van der Waals surface area contributed by atoms with E-state index in [1.807, 2.05) is 0 Å². The largest absolute Gasteiger partial charge is 0.0654 e. The highest BCUT2D eigenvalue weighted by Gasteiger charge is 2.18. The molecule has 116 valence electrons. The lowest BCUT2D eigenvalue weighted by atomic mass is 9.79. The van der Waals surface area contributed by atoms with E-state index in [1.165, 1.54) is 77.0 Å². The van der Waals surface area contributed by atoms with Crippen LogP contribution < -0.4 is 0 Å². The molecule has 0 bridgehead atoms. The van der Waals surface area contributed by atoms with Gasteiger partial charge in [0.05, 0.1) is 0 Å². The highest BCUT2D eigenvalue weighted by molar-refractivity contribution is 4.70. The van der Waals surface area contributed by atoms with Gasteiger partial charge in [0.15, 0.2) is 0 Å². The zero-order valence-corrected chi connectivity index (χ0v) is 14.6. The molecule has 0 aromatic carbocycles. The maximum Gasteiger partial charge on any atom is -0.0352 e. The van der Waals surface area contributed by atoms with Crippen molar-refractivity contribution in [3.8, 4) is 0 Å². The summed E-state index contributed by atoms with van der Waals surface area (Å²) in [5.74, 6) is 0.845. The van der Waals surface area contributed by atoms with Crippen molar-refractivity contribution in [3.63, 3.8) is 0 Å². The van der Waals surface area contributed by atoms with Gasteiger partial charge in [0, 0.05) is 0 Å². The van der Waals surface area contributed by atoms with Crippen molar-refractivity contribution in [2.75, 3.05) is 0 Å². The predicted octanol–water partition coefficient (Wildman–Crippen LogP) is 7.37. The summed E-state index contributed by atoms with van der Waals surface area (Å²) >= 11 is 0. The van der Waals surface area contributed by atoms with E-state index >= 15 is 0 Å². The molecule has 0 atom stereocenters. The lowest BCUT2D eigenvalue weighted by Gasteiger charge is -2.26. The molecule has 0 spiro atoms. The molecule has 0 rings (SSSR count). The molecule has 0 amide bonds. The summed E-state index contributed by atoms with van der Waals surface area (Å²) in [4.78, 5) is 0. The molecule has 0 nitrogen and oxygen atoms in total. The maximum atomic E-state index is 2.45. The standard InChI is InChI=1S/C19H40/c1-6-7-8-9-10-11-12-13-14-15-16-19(4,5)17-18(2)3/h18H,6-17H2,1-5H3. The monoisotopic (exact) mass is 268 g/mol. The maximum absolute atomic E-state index is 2.45. The van der Waals surface area contributed by atoms with Gasteiger partial charge >= 0.3 is 0 Å². The van der Waals surface area contributed by atoms with Gasteiger partial charge in [0.2, 0.25) is 0 Å². The van der Waals surface area contributed by atoms with Gasteiger partial charge in [-0.2, -0.15) is 0 Å². The Bertz CT molecular complexity index is 178. The lowest BCUT2D eigenvalue weighted by molar-refractivity contribution is 0.256. The van der Waals surface area contributed by atoms with Gasteiger partial charge in [-0.25, -0.2) is 0 Å². The minimum absolute atomic E-state index is 0.564. The second-order valence-corrected chi connectivity index (χ2v) is 7.69. The molecule has 0 N–H and O–H groups in total. The lowest BCUT2D eigenvalue weighted by Crippen LogP contribution is -2.14. The average molecular weight is 269 g/mol. The van der Waals surface area contributed by atoms with E-state index in [2.05, 4.69) is 34.6 Å². The van der Waals surface area contributed by atoms with Crippen molar-refractivity contribution in [3.05, 3.63) is 0 Å². The average Bonchev–Trinajstić information content (AvgIpc) is 2.30. The normalized spacial score (nSPS) is 12.3. The second kappa shape index (κ2) is 11.8. The van der Waals surface area contributed by atoms with Crippen molar-refractivity contribution < 1.29 is 0 Å². The molecule has 0 aliphatic rings. The minimum Gasteiger partial charge on any atom is -0.0654 e. The molecule has 0 saturated carbocycles. The summed E-state index contributed by atoms with van der Waals surface area (Å²) in [6.45, 7) is 11.9. The Hall–Kier alpha value is 0. The molecule has 0 fully saturated rings. The molecule has 0 heterocycles. The molecule has 0 radical (unpaired) electrons. The van der Waals surface area contributed by atoms with Crippen LogP contribution in [-0.4, -0.2) is 0 Å². The van der Waals surface area contributed by atoms with E-state index in [-0.39, 0.29) is 0 Å². The van der Waals surface area contributed by atoms with Crippen LogP contribution in [0, 0.1) is 11.3 Å².